The van der Waals surface area contributed by atoms with Gasteiger partial charge in [-0.2, -0.15) is 0 Å². The van der Waals surface area contributed by atoms with Gasteiger partial charge in [-0.25, -0.2) is 0 Å². The third-order valence-corrected chi connectivity index (χ3v) is 3.72. The van der Waals surface area contributed by atoms with Crippen LogP contribution < -0.4 is 5.32 Å². The van der Waals surface area contributed by atoms with Gasteiger partial charge in [0.1, 0.15) is 0 Å². The summed E-state index contributed by atoms with van der Waals surface area (Å²) in [5, 5.41) is 3.41. The molecule has 0 bridgehead atoms. The summed E-state index contributed by atoms with van der Waals surface area (Å²) in [4.78, 5) is 2.64. The first kappa shape index (κ1) is 12.7. The Labute approximate surface area is 94.7 Å². The number of piperidine rings is 1. The molecule has 0 aromatic carbocycles. The number of nitrogens with one attached hydrogen (secondary N) is 1. The topological polar surface area (TPSA) is 15.3 Å². The summed E-state index contributed by atoms with van der Waals surface area (Å²) in [6.07, 6.45) is 4.68. The van der Waals surface area contributed by atoms with Crippen molar-refractivity contribution in [2.75, 3.05) is 19.6 Å². The minimum absolute atomic E-state index is 0.641. The lowest BCUT2D eigenvalue weighted by molar-refractivity contribution is 0.0756. The maximum atomic E-state index is 3.72. The van der Waals surface area contributed by atoms with Crippen LogP contribution in [-0.4, -0.2) is 36.6 Å². The van der Waals surface area contributed by atoms with Crippen LogP contribution in [0.5, 0.6) is 0 Å². The molecule has 2 nitrogen and oxygen atoms in total. The van der Waals surface area contributed by atoms with E-state index in [-0.39, 0.29) is 0 Å². The van der Waals surface area contributed by atoms with Crippen molar-refractivity contribution < 1.29 is 0 Å². The molecule has 3 atom stereocenters. The highest BCUT2D eigenvalue weighted by Gasteiger charge is 2.27. The summed E-state index contributed by atoms with van der Waals surface area (Å²) in [6.45, 7) is 14.0. The van der Waals surface area contributed by atoms with E-state index in [1.165, 1.54) is 19.4 Å². The van der Waals surface area contributed by atoms with Crippen LogP contribution in [0.2, 0.25) is 0 Å². The monoisotopic (exact) mass is 210 g/mol. The highest BCUT2D eigenvalue weighted by atomic mass is 15.2. The van der Waals surface area contributed by atoms with Gasteiger partial charge in [0.2, 0.25) is 0 Å². The molecule has 15 heavy (non-hydrogen) atoms. The molecule has 1 saturated heterocycles. The number of rotatable bonds is 5. The predicted molar refractivity (Wildman–Crippen MR) is 67.1 cm³/mol. The van der Waals surface area contributed by atoms with Gasteiger partial charge in [0, 0.05) is 25.2 Å². The van der Waals surface area contributed by atoms with Crippen molar-refractivity contribution in [3.8, 4) is 0 Å². The van der Waals surface area contributed by atoms with Gasteiger partial charge in [0.05, 0.1) is 0 Å². The molecule has 0 amide bonds. The first-order chi connectivity index (χ1) is 7.16. The van der Waals surface area contributed by atoms with E-state index >= 15 is 0 Å². The van der Waals surface area contributed by atoms with Crippen LogP contribution >= 0.6 is 0 Å². The fourth-order valence-corrected chi connectivity index (χ4v) is 2.50. The summed E-state index contributed by atoms with van der Waals surface area (Å²) in [5.74, 6) is 0.848. The van der Waals surface area contributed by atoms with Crippen LogP contribution in [0, 0.1) is 5.92 Å². The molecule has 1 fully saturated rings. The third kappa shape index (κ3) is 3.62. The van der Waals surface area contributed by atoms with Crippen molar-refractivity contribution in [1.29, 1.82) is 0 Å². The summed E-state index contributed by atoms with van der Waals surface area (Å²) in [6, 6.07) is 1.38. The van der Waals surface area contributed by atoms with Crippen molar-refractivity contribution >= 4 is 0 Å². The number of hydrogen-bond donors (Lipinski definition) is 1. The first-order valence-corrected chi connectivity index (χ1v) is 6.24. The van der Waals surface area contributed by atoms with Gasteiger partial charge in [-0.15, -0.1) is 6.58 Å². The molecule has 0 spiro atoms. The van der Waals surface area contributed by atoms with Crippen molar-refractivity contribution in [3.63, 3.8) is 0 Å². The van der Waals surface area contributed by atoms with Gasteiger partial charge in [-0.1, -0.05) is 13.0 Å². The summed E-state index contributed by atoms with van der Waals surface area (Å²) in [5.41, 5.74) is 0. The normalized spacial score (nSPS) is 30.1. The minimum atomic E-state index is 0.641. The lowest BCUT2D eigenvalue weighted by Gasteiger charge is -2.41. The average molecular weight is 210 g/mol. The van der Waals surface area contributed by atoms with E-state index in [1.807, 2.05) is 6.08 Å². The maximum absolute atomic E-state index is 3.72. The van der Waals surface area contributed by atoms with E-state index in [4.69, 9.17) is 0 Å². The fraction of sp³-hybridized carbons (Fsp3) is 0.846. The highest BCUT2D eigenvalue weighted by Crippen LogP contribution is 2.24. The average Bonchev–Trinajstić information content (AvgIpc) is 2.22. The molecule has 88 valence electrons. The number of likely N-dealkylation sites (tertiary alicyclic amines) is 1. The summed E-state index contributed by atoms with van der Waals surface area (Å²) >= 11 is 0. The Morgan fingerprint density at radius 1 is 1.53 bits per heavy atom. The molecular weight excluding hydrogens is 184 g/mol. The first-order valence-electron chi connectivity index (χ1n) is 6.24. The quantitative estimate of drug-likeness (QED) is 0.553. The second kappa shape index (κ2) is 6.29. The Morgan fingerprint density at radius 2 is 2.27 bits per heavy atom. The van der Waals surface area contributed by atoms with Crippen molar-refractivity contribution in [2.24, 2.45) is 5.92 Å². The lowest BCUT2D eigenvalue weighted by atomic mass is 9.91. The lowest BCUT2D eigenvalue weighted by Crippen LogP contribution is -2.50. The van der Waals surface area contributed by atoms with Crippen molar-refractivity contribution in [2.45, 2.75) is 45.7 Å². The molecule has 0 aliphatic carbocycles. The Morgan fingerprint density at radius 3 is 2.93 bits per heavy atom. The molecule has 0 radical (unpaired) electrons. The fourth-order valence-electron chi connectivity index (χ4n) is 2.50. The van der Waals surface area contributed by atoms with Gasteiger partial charge in [0.15, 0.2) is 0 Å². The molecule has 1 heterocycles. The van der Waals surface area contributed by atoms with Gasteiger partial charge in [0.25, 0.3) is 0 Å². The predicted octanol–water partition coefficient (Wildman–Crippen LogP) is 2.27. The summed E-state index contributed by atoms with van der Waals surface area (Å²) in [7, 11) is 0. The van der Waals surface area contributed by atoms with Crippen LogP contribution in [0.4, 0.5) is 0 Å². The van der Waals surface area contributed by atoms with Gasteiger partial charge in [-0.05, 0) is 39.2 Å². The SMILES string of the molecule is C=CCNCC(C)N1CCCC(C)C1C. The number of hydrogen-bond acceptors (Lipinski definition) is 2. The molecule has 2 heteroatoms. The molecule has 1 N–H and O–H groups in total. The van der Waals surface area contributed by atoms with E-state index in [0.717, 1.165) is 25.0 Å². The second-order valence-electron chi connectivity index (χ2n) is 4.89. The van der Waals surface area contributed by atoms with Crippen LogP contribution in [0.25, 0.3) is 0 Å². The van der Waals surface area contributed by atoms with Crippen LogP contribution in [0.3, 0.4) is 0 Å². The molecule has 0 saturated carbocycles. The van der Waals surface area contributed by atoms with E-state index < -0.39 is 0 Å². The van der Waals surface area contributed by atoms with Crippen LogP contribution in [0.15, 0.2) is 12.7 Å². The van der Waals surface area contributed by atoms with E-state index in [1.54, 1.807) is 0 Å². The molecule has 0 aromatic heterocycles. The van der Waals surface area contributed by atoms with E-state index in [2.05, 4.69) is 37.6 Å². The second-order valence-corrected chi connectivity index (χ2v) is 4.89. The Kier molecular flexibility index (Phi) is 5.34. The largest absolute Gasteiger partial charge is 0.312 e. The summed E-state index contributed by atoms with van der Waals surface area (Å²) < 4.78 is 0. The van der Waals surface area contributed by atoms with E-state index in [0.29, 0.717) is 6.04 Å². The minimum Gasteiger partial charge on any atom is -0.312 e. The Hall–Kier alpha value is -0.340. The molecule has 0 aromatic rings. The highest BCUT2D eigenvalue weighted by molar-refractivity contribution is 4.83. The van der Waals surface area contributed by atoms with Crippen molar-refractivity contribution in [1.82, 2.24) is 10.2 Å². The van der Waals surface area contributed by atoms with Gasteiger partial charge in [-0.3, -0.25) is 4.90 Å². The smallest absolute Gasteiger partial charge is 0.0195 e. The zero-order valence-corrected chi connectivity index (χ0v) is 10.5. The van der Waals surface area contributed by atoms with Gasteiger partial charge < -0.3 is 5.32 Å². The van der Waals surface area contributed by atoms with Gasteiger partial charge >= 0.3 is 0 Å². The zero-order chi connectivity index (χ0) is 11.3. The molecular formula is C13H26N2. The maximum Gasteiger partial charge on any atom is 0.0195 e. The molecule has 3 unspecified atom stereocenters. The third-order valence-electron chi connectivity index (χ3n) is 3.72. The van der Waals surface area contributed by atoms with E-state index in [9.17, 15) is 0 Å². The standard InChI is InChI=1S/C13H26N2/c1-5-8-14-10-12(3)15-9-6-7-11(2)13(15)4/h5,11-14H,1,6-10H2,2-4H3. The van der Waals surface area contributed by atoms with Crippen molar-refractivity contribution in [3.05, 3.63) is 12.7 Å². The zero-order valence-electron chi connectivity index (χ0n) is 10.5. The Bertz CT molecular complexity index is 191. The molecule has 1 aliphatic heterocycles. The molecule has 1 rings (SSSR count). The number of nitrogens with zero attached hydrogens (tertiary/aromatic N) is 1. The molecule has 1 aliphatic rings. The van der Waals surface area contributed by atoms with Crippen LogP contribution in [-0.2, 0) is 0 Å². The Balaban J connectivity index is 2.36. The van der Waals surface area contributed by atoms with Crippen LogP contribution in [0.1, 0.15) is 33.6 Å².